The molecule has 1 aromatic rings. The summed E-state index contributed by atoms with van der Waals surface area (Å²) in [5.74, 6) is 0.156. The molecule has 0 radical (unpaired) electrons. The summed E-state index contributed by atoms with van der Waals surface area (Å²) in [6.45, 7) is 0. The maximum Gasteiger partial charge on any atom is 0.251 e. The number of H-pyrrole nitrogens is 1. The van der Waals surface area contributed by atoms with Gasteiger partial charge in [-0.05, 0) is 5.16 Å². The highest BCUT2D eigenvalue weighted by Gasteiger charge is 1.84. The molecule has 0 bridgehead atoms. The first kappa shape index (κ1) is 8.77. The van der Waals surface area contributed by atoms with Crippen LogP contribution in [-0.2, 0) is 12.6 Å². The molecule has 0 atom stereocenters. The Morgan fingerprint density at radius 3 is 2.70 bits per heavy atom. The molecule has 1 rings (SSSR count). The van der Waals surface area contributed by atoms with Gasteiger partial charge in [0.05, 0.1) is 0 Å². The van der Waals surface area contributed by atoms with Gasteiger partial charge in [0.25, 0.3) is 5.56 Å². The zero-order valence-corrected chi connectivity index (χ0v) is 6.23. The monoisotopic (exact) mass is 157 g/mol. The molecule has 4 nitrogen and oxygen atoms in total. The number of nitrogen functional groups attached to an aromatic ring is 1. The van der Waals surface area contributed by atoms with Crippen molar-refractivity contribution in [2.24, 2.45) is 0 Å². The van der Waals surface area contributed by atoms with Crippen molar-refractivity contribution in [1.29, 1.82) is 0 Å². The van der Waals surface area contributed by atoms with Crippen LogP contribution in [0.2, 0.25) is 0 Å². The highest BCUT2D eigenvalue weighted by atomic mass is 32.1. The third-order valence-electron chi connectivity index (χ3n) is 0.740. The van der Waals surface area contributed by atoms with Gasteiger partial charge in [-0.3, -0.25) is 4.79 Å². The van der Waals surface area contributed by atoms with Crippen molar-refractivity contribution >= 4 is 18.4 Å². The van der Waals surface area contributed by atoms with E-state index in [0.717, 1.165) is 0 Å². The summed E-state index contributed by atoms with van der Waals surface area (Å²) in [5.41, 5.74) is 4.85. The molecule has 0 spiro atoms. The lowest BCUT2D eigenvalue weighted by molar-refractivity contribution is 0.951. The first-order chi connectivity index (χ1) is 4.18. The van der Waals surface area contributed by atoms with Crippen molar-refractivity contribution in [2.75, 3.05) is 5.73 Å². The molecule has 0 aromatic carbocycles. The number of nitrogens with one attached hydrogen (secondary N) is 1. The van der Waals surface area contributed by atoms with Gasteiger partial charge in [0, 0.05) is 13.5 Å². The average molecular weight is 157 g/mol. The number of nitrogens with two attached hydrogens (primary N) is 1. The van der Waals surface area contributed by atoms with E-state index in [1.165, 1.54) is 6.07 Å². The largest absolute Gasteiger partial charge is 0.742 e. The van der Waals surface area contributed by atoms with Crippen LogP contribution in [0.15, 0.2) is 16.0 Å². The molecular formula is C5H7N3OS. The SMILES string of the molecule is Nc1cc(=O)[nH]c([S-])n1.[CH3+]. The van der Waals surface area contributed by atoms with Gasteiger partial charge in [-0.1, -0.05) is 0 Å². The molecule has 0 unspecified atom stereocenters. The minimum atomic E-state index is -0.312. The topological polar surface area (TPSA) is 71.8 Å². The lowest BCUT2D eigenvalue weighted by Crippen LogP contribution is -2.09. The summed E-state index contributed by atoms with van der Waals surface area (Å²) in [6, 6.07) is 1.18. The summed E-state index contributed by atoms with van der Waals surface area (Å²) in [5, 5.41) is 0.125. The Morgan fingerprint density at radius 1 is 1.70 bits per heavy atom. The Kier molecular flexibility index (Phi) is 2.69. The Labute approximate surface area is 63.9 Å². The Hall–Kier alpha value is -1.23. The second kappa shape index (κ2) is 3.07. The zero-order valence-electron chi connectivity index (χ0n) is 5.42. The van der Waals surface area contributed by atoms with E-state index < -0.39 is 0 Å². The summed E-state index contributed by atoms with van der Waals surface area (Å²) in [6.07, 6.45) is 0. The van der Waals surface area contributed by atoms with Crippen LogP contribution < -0.4 is 11.3 Å². The number of hydrogen-bond donors (Lipinski definition) is 2. The maximum absolute atomic E-state index is 10.5. The third-order valence-corrected chi connectivity index (χ3v) is 0.933. The number of aromatic nitrogens is 2. The highest BCUT2D eigenvalue weighted by Crippen LogP contribution is 1.88. The van der Waals surface area contributed by atoms with Crippen LogP contribution in [0.25, 0.3) is 0 Å². The van der Waals surface area contributed by atoms with Gasteiger partial charge >= 0.3 is 0 Å². The van der Waals surface area contributed by atoms with E-state index in [4.69, 9.17) is 5.73 Å². The summed E-state index contributed by atoms with van der Waals surface area (Å²) < 4.78 is 0. The molecule has 0 aliphatic rings. The Bertz CT molecular complexity index is 247. The molecular weight excluding hydrogens is 150 g/mol. The van der Waals surface area contributed by atoms with Crippen molar-refractivity contribution in [1.82, 2.24) is 9.97 Å². The van der Waals surface area contributed by atoms with Gasteiger partial charge in [0.1, 0.15) is 5.82 Å². The maximum atomic E-state index is 10.5. The minimum absolute atomic E-state index is 0. The third kappa shape index (κ3) is 1.94. The van der Waals surface area contributed by atoms with E-state index in [-0.39, 0.29) is 24.0 Å². The molecule has 0 saturated heterocycles. The van der Waals surface area contributed by atoms with Crippen LogP contribution in [0.1, 0.15) is 0 Å². The number of hydrogen-bond acceptors (Lipinski definition) is 4. The fourth-order valence-electron chi connectivity index (χ4n) is 0.453. The standard InChI is InChI=1S/C4H5N3OS.CH3/c5-2-1-3(8)7-4(9)6-2;/h1H,(H4,5,6,7,8,9);1H3/q;+1/p-1. The molecule has 1 aromatic heterocycles. The summed E-state index contributed by atoms with van der Waals surface area (Å²) in [7, 11) is 0. The van der Waals surface area contributed by atoms with E-state index in [2.05, 4.69) is 22.6 Å². The van der Waals surface area contributed by atoms with Crippen molar-refractivity contribution in [3.8, 4) is 0 Å². The molecule has 1 heterocycles. The van der Waals surface area contributed by atoms with Gasteiger partial charge < -0.3 is 23.3 Å². The van der Waals surface area contributed by atoms with E-state index >= 15 is 0 Å². The second-order valence-electron chi connectivity index (χ2n) is 1.48. The molecule has 0 aliphatic carbocycles. The number of anilines is 1. The van der Waals surface area contributed by atoms with Crippen molar-refractivity contribution in [2.45, 2.75) is 5.16 Å². The van der Waals surface area contributed by atoms with Crippen LogP contribution in [0.4, 0.5) is 5.82 Å². The fraction of sp³-hybridized carbons (Fsp3) is 0. The predicted octanol–water partition coefficient (Wildman–Crippen LogP) is -0.292. The smallest absolute Gasteiger partial charge is 0.251 e. The van der Waals surface area contributed by atoms with Crippen LogP contribution >= 0.6 is 0 Å². The normalized spacial score (nSPS) is 8.40. The van der Waals surface area contributed by atoms with Gasteiger partial charge in [0.2, 0.25) is 0 Å². The molecule has 5 heteroatoms. The average Bonchev–Trinajstić information content (AvgIpc) is 1.59. The van der Waals surface area contributed by atoms with E-state index in [1.807, 2.05) is 0 Å². The quantitative estimate of drug-likeness (QED) is 0.308. The summed E-state index contributed by atoms with van der Waals surface area (Å²) in [4.78, 5) is 16.3. The molecule has 0 saturated carbocycles. The number of aromatic amines is 1. The Balaban J connectivity index is 0.000000810. The number of nitrogens with zero attached hydrogens (tertiary/aromatic N) is 1. The van der Waals surface area contributed by atoms with Crippen LogP contribution in [-0.4, -0.2) is 9.97 Å². The van der Waals surface area contributed by atoms with Gasteiger partial charge in [-0.25, -0.2) is 4.98 Å². The van der Waals surface area contributed by atoms with Crippen molar-refractivity contribution in [3.05, 3.63) is 23.8 Å². The number of rotatable bonds is 0. The molecule has 3 N–H and O–H groups in total. The van der Waals surface area contributed by atoms with Crippen LogP contribution in [0.5, 0.6) is 0 Å². The van der Waals surface area contributed by atoms with E-state index in [1.54, 1.807) is 0 Å². The molecule has 0 amide bonds. The van der Waals surface area contributed by atoms with Crippen molar-refractivity contribution < 1.29 is 0 Å². The lowest BCUT2D eigenvalue weighted by Gasteiger charge is -2.01. The second-order valence-corrected chi connectivity index (χ2v) is 1.86. The lowest BCUT2D eigenvalue weighted by atomic mass is 10.6. The van der Waals surface area contributed by atoms with Gasteiger partial charge in [-0.2, -0.15) is 0 Å². The minimum Gasteiger partial charge on any atom is -0.742 e. The van der Waals surface area contributed by atoms with Crippen molar-refractivity contribution in [3.63, 3.8) is 0 Å². The predicted molar refractivity (Wildman–Crippen MR) is 41.3 cm³/mol. The van der Waals surface area contributed by atoms with E-state index in [9.17, 15) is 4.79 Å². The molecule has 54 valence electrons. The fourth-order valence-corrected chi connectivity index (χ4v) is 0.659. The Morgan fingerprint density at radius 2 is 2.30 bits per heavy atom. The first-order valence-corrected chi connectivity index (χ1v) is 2.63. The van der Waals surface area contributed by atoms with Crippen LogP contribution in [0, 0.1) is 7.43 Å². The highest BCUT2D eigenvalue weighted by molar-refractivity contribution is 7.58. The zero-order chi connectivity index (χ0) is 6.85. The molecule has 10 heavy (non-hydrogen) atoms. The van der Waals surface area contributed by atoms with Gasteiger partial charge in [0.15, 0.2) is 0 Å². The van der Waals surface area contributed by atoms with Gasteiger partial charge in [-0.15, -0.1) is 0 Å². The first-order valence-electron chi connectivity index (χ1n) is 2.22. The molecule has 0 fully saturated rings. The van der Waals surface area contributed by atoms with E-state index in [0.29, 0.717) is 0 Å². The summed E-state index contributed by atoms with van der Waals surface area (Å²) >= 11 is 4.54. The molecule has 0 aliphatic heterocycles. The van der Waals surface area contributed by atoms with Crippen LogP contribution in [0.3, 0.4) is 0 Å².